The molecular formula is C20H19NO4. The van der Waals surface area contributed by atoms with E-state index < -0.39 is 17.8 Å². The summed E-state index contributed by atoms with van der Waals surface area (Å²) in [5, 5.41) is 12.4. The number of fused-ring (bicyclic) bond motifs is 2. The lowest BCUT2D eigenvalue weighted by Crippen LogP contribution is -2.41. The Morgan fingerprint density at radius 3 is 2.28 bits per heavy atom. The molecule has 2 aliphatic rings. The van der Waals surface area contributed by atoms with Crippen molar-refractivity contribution in [2.24, 2.45) is 11.8 Å². The Labute approximate surface area is 145 Å². The summed E-state index contributed by atoms with van der Waals surface area (Å²) < 4.78 is 5.69. The third-order valence-electron chi connectivity index (χ3n) is 5.13. The maximum atomic E-state index is 12.8. The molecule has 0 saturated carbocycles. The molecule has 2 aliphatic heterocycles. The summed E-state index contributed by atoms with van der Waals surface area (Å²) in [6.07, 6.45) is 0.816. The van der Waals surface area contributed by atoms with Crippen LogP contribution in [0.1, 0.15) is 12.8 Å². The molecular weight excluding hydrogens is 318 g/mol. The minimum Gasteiger partial charge on any atom is -0.481 e. The Kier molecular flexibility index (Phi) is 4.01. The van der Waals surface area contributed by atoms with Gasteiger partial charge < -0.3 is 15.2 Å². The van der Waals surface area contributed by atoms with Gasteiger partial charge in [0.1, 0.15) is 0 Å². The smallest absolute Gasteiger partial charge is 0.310 e. The van der Waals surface area contributed by atoms with Gasteiger partial charge in [-0.05, 0) is 24.5 Å². The third kappa shape index (κ3) is 2.81. The minimum absolute atomic E-state index is 0.275. The molecule has 0 aromatic heterocycles. The monoisotopic (exact) mass is 337 g/mol. The lowest BCUT2D eigenvalue weighted by Gasteiger charge is -2.24. The van der Waals surface area contributed by atoms with E-state index in [4.69, 9.17) is 4.74 Å². The minimum atomic E-state index is -0.955. The van der Waals surface area contributed by atoms with E-state index in [-0.39, 0.29) is 18.1 Å². The number of benzene rings is 2. The summed E-state index contributed by atoms with van der Waals surface area (Å²) in [4.78, 5) is 24.4. The Morgan fingerprint density at radius 2 is 1.56 bits per heavy atom. The molecule has 2 aromatic carbocycles. The van der Waals surface area contributed by atoms with E-state index in [9.17, 15) is 14.7 Å². The highest BCUT2D eigenvalue weighted by Gasteiger charge is 2.55. The number of rotatable bonds is 4. The summed E-state index contributed by atoms with van der Waals surface area (Å²) >= 11 is 0. The van der Waals surface area contributed by atoms with Crippen molar-refractivity contribution in [3.05, 3.63) is 54.6 Å². The molecule has 25 heavy (non-hydrogen) atoms. The Balaban J connectivity index is 1.61. The molecule has 5 heteroatoms. The Morgan fingerprint density at radius 1 is 0.920 bits per heavy atom. The van der Waals surface area contributed by atoms with E-state index in [1.165, 1.54) is 0 Å². The van der Waals surface area contributed by atoms with E-state index in [2.05, 4.69) is 5.32 Å². The molecule has 1 amide bonds. The van der Waals surface area contributed by atoms with Crippen LogP contribution >= 0.6 is 0 Å². The number of nitrogens with one attached hydrogen (secondary N) is 1. The fourth-order valence-corrected chi connectivity index (χ4v) is 4.00. The molecule has 0 aliphatic carbocycles. The van der Waals surface area contributed by atoms with Gasteiger partial charge in [0.15, 0.2) is 0 Å². The van der Waals surface area contributed by atoms with Gasteiger partial charge in [-0.2, -0.15) is 0 Å². The van der Waals surface area contributed by atoms with E-state index in [0.717, 1.165) is 17.5 Å². The first-order valence-corrected chi connectivity index (χ1v) is 8.49. The standard InChI is InChI=1S/C20H19NO4/c22-19(17-15-10-11-16(25-15)18(17)20(23)24)21-14-9-5-4-8-13(14)12-6-2-1-3-7-12/h1-9,15-18H,10-11H2,(H,21,22)(H,23,24)/t15-,16-,17+,18-/m1/s1. The Hall–Kier alpha value is -2.66. The van der Waals surface area contributed by atoms with Crippen LogP contribution in [0.3, 0.4) is 0 Å². The van der Waals surface area contributed by atoms with Crippen molar-refractivity contribution >= 4 is 17.6 Å². The normalized spacial score (nSPS) is 27.2. The highest BCUT2D eigenvalue weighted by atomic mass is 16.5. The molecule has 2 heterocycles. The van der Waals surface area contributed by atoms with Crippen molar-refractivity contribution in [2.75, 3.05) is 5.32 Å². The maximum Gasteiger partial charge on any atom is 0.310 e. The largest absolute Gasteiger partial charge is 0.481 e. The van der Waals surface area contributed by atoms with Crippen LogP contribution < -0.4 is 5.32 Å². The quantitative estimate of drug-likeness (QED) is 0.898. The van der Waals surface area contributed by atoms with Gasteiger partial charge >= 0.3 is 5.97 Å². The number of amides is 1. The Bertz CT molecular complexity index is 804. The van der Waals surface area contributed by atoms with Crippen molar-refractivity contribution in [1.82, 2.24) is 0 Å². The summed E-state index contributed by atoms with van der Waals surface area (Å²) in [6, 6.07) is 17.3. The zero-order chi connectivity index (χ0) is 17.4. The van der Waals surface area contributed by atoms with Crippen molar-refractivity contribution in [3.8, 4) is 11.1 Å². The van der Waals surface area contributed by atoms with Crippen LogP contribution in [0.4, 0.5) is 5.69 Å². The molecule has 2 N–H and O–H groups in total. The fourth-order valence-electron chi connectivity index (χ4n) is 4.00. The molecule has 128 valence electrons. The lowest BCUT2D eigenvalue weighted by atomic mass is 9.78. The number of aliphatic carboxylic acids is 1. The second kappa shape index (κ2) is 6.33. The summed E-state index contributed by atoms with van der Waals surface area (Å²) in [5.41, 5.74) is 2.59. The number of carboxylic acids is 1. The van der Waals surface area contributed by atoms with Crippen molar-refractivity contribution in [2.45, 2.75) is 25.0 Å². The van der Waals surface area contributed by atoms with Crippen LogP contribution in [0.5, 0.6) is 0 Å². The molecule has 2 saturated heterocycles. The number of carbonyl (C=O) groups excluding carboxylic acids is 1. The zero-order valence-electron chi connectivity index (χ0n) is 13.6. The summed E-state index contributed by atoms with van der Waals surface area (Å²) in [6.45, 7) is 0. The predicted molar refractivity (Wildman–Crippen MR) is 93.0 cm³/mol. The van der Waals surface area contributed by atoms with Crippen molar-refractivity contribution in [1.29, 1.82) is 0 Å². The van der Waals surface area contributed by atoms with Crippen LogP contribution in [0.2, 0.25) is 0 Å². The van der Waals surface area contributed by atoms with Crippen molar-refractivity contribution < 1.29 is 19.4 Å². The first-order valence-electron chi connectivity index (χ1n) is 8.49. The molecule has 0 spiro atoms. The number of carbonyl (C=O) groups is 2. The molecule has 4 atom stereocenters. The average molecular weight is 337 g/mol. The van der Waals surface area contributed by atoms with Gasteiger partial charge in [-0.15, -0.1) is 0 Å². The molecule has 5 nitrogen and oxygen atoms in total. The van der Waals surface area contributed by atoms with Crippen molar-refractivity contribution in [3.63, 3.8) is 0 Å². The van der Waals surface area contributed by atoms with Gasteiger partial charge in [0.05, 0.1) is 24.0 Å². The highest BCUT2D eigenvalue weighted by Crippen LogP contribution is 2.44. The number of anilines is 1. The molecule has 2 bridgehead atoms. The lowest BCUT2D eigenvalue weighted by molar-refractivity contribution is -0.147. The fraction of sp³-hybridized carbons (Fsp3) is 0.300. The van der Waals surface area contributed by atoms with Gasteiger partial charge in [-0.3, -0.25) is 9.59 Å². The first-order chi connectivity index (χ1) is 12.1. The van der Waals surface area contributed by atoms with Gasteiger partial charge in [0, 0.05) is 11.3 Å². The van der Waals surface area contributed by atoms with Gasteiger partial charge in [0.25, 0.3) is 0 Å². The molecule has 2 fully saturated rings. The molecule has 2 aromatic rings. The van der Waals surface area contributed by atoms with Crippen LogP contribution in [0.15, 0.2) is 54.6 Å². The first kappa shape index (κ1) is 15.8. The van der Waals surface area contributed by atoms with E-state index >= 15 is 0 Å². The van der Waals surface area contributed by atoms with E-state index in [1.54, 1.807) is 0 Å². The van der Waals surface area contributed by atoms with Crippen LogP contribution in [-0.2, 0) is 14.3 Å². The summed E-state index contributed by atoms with van der Waals surface area (Å²) in [7, 11) is 0. The van der Waals surface area contributed by atoms with E-state index in [1.807, 2.05) is 54.6 Å². The van der Waals surface area contributed by atoms with Gasteiger partial charge in [-0.1, -0.05) is 48.5 Å². The predicted octanol–water partition coefficient (Wildman–Crippen LogP) is 3.17. The number of carboxylic acid groups (broad SMARTS) is 1. The molecule has 0 radical (unpaired) electrons. The SMILES string of the molecule is O=C(Nc1ccccc1-c1ccccc1)[C@@H]1[C@H](C(=O)O)[C@H]2CC[C@H]1O2. The number of ether oxygens (including phenoxy) is 1. The van der Waals surface area contributed by atoms with Gasteiger partial charge in [0.2, 0.25) is 5.91 Å². The number of hydrogen-bond acceptors (Lipinski definition) is 3. The van der Waals surface area contributed by atoms with Crippen LogP contribution in [0, 0.1) is 11.8 Å². The summed E-state index contributed by atoms with van der Waals surface area (Å²) in [5.74, 6) is -2.63. The van der Waals surface area contributed by atoms with E-state index in [0.29, 0.717) is 12.1 Å². The number of para-hydroxylation sites is 1. The second-order valence-electron chi connectivity index (χ2n) is 6.58. The number of hydrogen-bond donors (Lipinski definition) is 2. The average Bonchev–Trinajstić information content (AvgIpc) is 3.24. The highest BCUT2D eigenvalue weighted by molar-refractivity contribution is 5.99. The maximum absolute atomic E-state index is 12.8. The second-order valence-corrected chi connectivity index (χ2v) is 6.58. The van der Waals surface area contributed by atoms with Crippen LogP contribution in [0.25, 0.3) is 11.1 Å². The van der Waals surface area contributed by atoms with Crippen LogP contribution in [-0.4, -0.2) is 29.2 Å². The zero-order valence-corrected chi connectivity index (χ0v) is 13.6. The third-order valence-corrected chi connectivity index (χ3v) is 5.13. The molecule has 0 unspecified atom stereocenters. The molecule has 4 rings (SSSR count). The topological polar surface area (TPSA) is 75.6 Å². The van der Waals surface area contributed by atoms with Gasteiger partial charge in [-0.25, -0.2) is 0 Å².